The molecular formula is C13H12ClN3OS. The lowest BCUT2D eigenvalue weighted by molar-refractivity contribution is 0.412. The van der Waals surface area contributed by atoms with Crippen molar-refractivity contribution in [2.45, 2.75) is 5.03 Å². The summed E-state index contributed by atoms with van der Waals surface area (Å²) in [5, 5.41) is 2.92. The smallest absolute Gasteiger partial charge is 0.123 e. The highest BCUT2D eigenvalue weighted by Crippen LogP contribution is 2.17. The van der Waals surface area contributed by atoms with Crippen molar-refractivity contribution in [2.24, 2.45) is 0 Å². The van der Waals surface area contributed by atoms with E-state index in [1.165, 1.54) is 0 Å². The number of nitrogens with one attached hydrogen (secondary N) is 1. The average molecular weight is 294 g/mol. The molecular weight excluding hydrogens is 282 g/mol. The van der Waals surface area contributed by atoms with Crippen LogP contribution in [0.3, 0.4) is 0 Å². The van der Waals surface area contributed by atoms with Crippen LogP contribution in [0, 0.1) is 4.78 Å². The number of methoxy groups -OCH3 is 1. The first kappa shape index (κ1) is 13.7. The van der Waals surface area contributed by atoms with Gasteiger partial charge in [-0.25, -0.2) is 4.98 Å². The lowest BCUT2D eigenvalue weighted by atomic mass is 10.3. The molecule has 98 valence electrons. The van der Waals surface area contributed by atoms with Crippen molar-refractivity contribution in [1.82, 2.24) is 9.97 Å². The van der Waals surface area contributed by atoms with E-state index in [4.69, 9.17) is 21.1 Å². The van der Waals surface area contributed by atoms with Crippen LogP contribution in [0.25, 0.3) is 6.08 Å². The predicted octanol–water partition coefficient (Wildman–Crippen LogP) is 3.55. The van der Waals surface area contributed by atoms with Crippen molar-refractivity contribution in [1.29, 1.82) is 4.78 Å². The summed E-state index contributed by atoms with van der Waals surface area (Å²) in [5.74, 6) is 0.694. The molecule has 2 aromatic rings. The Morgan fingerprint density at radius 2 is 2.16 bits per heavy atom. The Kier molecular flexibility index (Phi) is 4.65. The van der Waals surface area contributed by atoms with Crippen LogP contribution in [-0.2, 0) is 10.7 Å². The summed E-state index contributed by atoms with van der Waals surface area (Å²) >= 11 is 5.99. The molecule has 2 heterocycles. The number of pyridine rings is 2. The first-order chi connectivity index (χ1) is 9.20. The van der Waals surface area contributed by atoms with Crippen molar-refractivity contribution < 1.29 is 4.74 Å². The van der Waals surface area contributed by atoms with Crippen LogP contribution in [0.2, 0.25) is 5.02 Å². The van der Waals surface area contributed by atoms with Gasteiger partial charge in [0.2, 0.25) is 0 Å². The summed E-state index contributed by atoms with van der Waals surface area (Å²) in [6.07, 6.45) is 5.03. The molecule has 1 N–H and O–H groups in total. The number of rotatable bonds is 4. The molecule has 0 aliphatic heterocycles. The SMILES string of the molecule is COc1ccnc(S(=N)/C=C/c2ncccc2Cl)c1. The second-order valence-corrected chi connectivity index (χ2v) is 5.32. The molecule has 0 aliphatic carbocycles. The molecule has 2 aromatic heterocycles. The van der Waals surface area contributed by atoms with Gasteiger partial charge in [-0.3, -0.25) is 9.76 Å². The molecule has 0 saturated carbocycles. The topological polar surface area (TPSA) is 58.9 Å². The number of ether oxygens (including phenoxy) is 1. The van der Waals surface area contributed by atoms with Crippen LogP contribution < -0.4 is 4.74 Å². The number of hydrogen-bond acceptors (Lipinski definition) is 4. The molecule has 0 bridgehead atoms. The Labute approximate surface area is 119 Å². The Bertz CT molecular complexity index is 631. The Morgan fingerprint density at radius 1 is 1.32 bits per heavy atom. The van der Waals surface area contributed by atoms with Gasteiger partial charge in [-0.2, -0.15) is 0 Å². The third-order valence-corrected chi connectivity index (χ3v) is 3.72. The second kappa shape index (κ2) is 6.45. The van der Waals surface area contributed by atoms with Crippen LogP contribution in [0.15, 0.2) is 47.1 Å². The molecule has 0 saturated heterocycles. The first-order valence-electron chi connectivity index (χ1n) is 5.44. The highest BCUT2D eigenvalue weighted by Gasteiger charge is 2.01. The van der Waals surface area contributed by atoms with Gasteiger partial charge in [0.15, 0.2) is 0 Å². The Hall–Kier alpha value is -1.72. The summed E-state index contributed by atoms with van der Waals surface area (Å²) in [6.45, 7) is 0. The van der Waals surface area contributed by atoms with E-state index in [9.17, 15) is 0 Å². The molecule has 6 heteroatoms. The maximum atomic E-state index is 8.06. The number of nitrogens with zero attached hydrogens (tertiary/aromatic N) is 2. The van der Waals surface area contributed by atoms with Crippen molar-refractivity contribution in [3.63, 3.8) is 0 Å². The summed E-state index contributed by atoms with van der Waals surface area (Å²) in [7, 11) is 0.714. The lowest BCUT2D eigenvalue weighted by Crippen LogP contribution is -1.91. The fourth-order valence-corrected chi connectivity index (χ4v) is 2.37. The summed E-state index contributed by atoms with van der Waals surface area (Å²) in [5.41, 5.74) is 0.650. The number of aromatic nitrogens is 2. The normalized spacial score (nSPS) is 12.5. The van der Waals surface area contributed by atoms with E-state index in [1.807, 2.05) is 0 Å². The van der Waals surface area contributed by atoms with Gasteiger partial charge in [-0.1, -0.05) is 11.6 Å². The third-order valence-electron chi connectivity index (χ3n) is 2.32. The highest BCUT2D eigenvalue weighted by atomic mass is 35.5. The van der Waals surface area contributed by atoms with Crippen LogP contribution in [-0.4, -0.2) is 17.1 Å². The van der Waals surface area contributed by atoms with Gasteiger partial charge in [0, 0.05) is 18.5 Å². The van der Waals surface area contributed by atoms with E-state index in [-0.39, 0.29) is 0 Å². The highest BCUT2D eigenvalue weighted by molar-refractivity contribution is 7.89. The lowest BCUT2D eigenvalue weighted by Gasteiger charge is -2.02. The monoisotopic (exact) mass is 293 g/mol. The predicted molar refractivity (Wildman–Crippen MR) is 77.4 cm³/mol. The molecule has 1 unspecified atom stereocenters. The average Bonchev–Trinajstić information content (AvgIpc) is 2.46. The molecule has 1 atom stereocenters. The van der Waals surface area contributed by atoms with Crippen LogP contribution in [0.1, 0.15) is 5.69 Å². The van der Waals surface area contributed by atoms with Crippen molar-refractivity contribution in [3.8, 4) is 5.75 Å². The minimum Gasteiger partial charge on any atom is -0.497 e. The van der Waals surface area contributed by atoms with E-state index in [2.05, 4.69) is 9.97 Å². The van der Waals surface area contributed by atoms with Crippen molar-refractivity contribution in [2.75, 3.05) is 7.11 Å². The number of halogens is 1. The quantitative estimate of drug-likeness (QED) is 0.938. The standard InChI is InChI=1S/C13H12ClN3OS/c1-18-10-4-7-17-13(9-10)19(15)8-5-12-11(14)3-2-6-16-12/h2-9,15H,1H3/b8-5+. The molecule has 2 rings (SSSR count). The molecule has 0 amide bonds. The molecule has 0 spiro atoms. The Balaban J connectivity index is 2.19. The van der Waals surface area contributed by atoms with E-state index in [0.717, 1.165) is 0 Å². The van der Waals surface area contributed by atoms with Crippen LogP contribution in [0.5, 0.6) is 5.75 Å². The summed E-state index contributed by atoms with van der Waals surface area (Å²) in [4.78, 5) is 8.30. The molecule has 19 heavy (non-hydrogen) atoms. The minimum absolute atomic E-state index is 0.564. The fraction of sp³-hybridized carbons (Fsp3) is 0.0769. The molecule has 4 nitrogen and oxygen atoms in total. The van der Waals surface area contributed by atoms with Gasteiger partial charge in [-0.05, 0) is 40.4 Å². The van der Waals surface area contributed by atoms with Gasteiger partial charge in [0.25, 0.3) is 0 Å². The molecule has 0 fully saturated rings. The molecule has 0 radical (unpaired) electrons. The van der Waals surface area contributed by atoms with Gasteiger partial charge in [0.1, 0.15) is 10.8 Å². The molecule has 0 aromatic carbocycles. The Morgan fingerprint density at radius 3 is 2.89 bits per heavy atom. The molecule has 0 aliphatic rings. The summed E-state index contributed by atoms with van der Waals surface area (Å²) < 4.78 is 13.2. The maximum Gasteiger partial charge on any atom is 0.123 e. The van der Waals surface area contributed by atoms with Crippen LogP contribution >= 0.6 is 11.6 Å². The zero-order valence-electron chi connectivity index (χ0n) is 10.2. The summed E-state index contributed by atoms with van der Waals surface area (Å²) in [6, 6.07) is 7.03. The van der Waals surface area contributed by atoms with Crippen molar-refractivity contribution in [3.05, 3.63) is 52.8 Å². The zero-order chi connectivity index (χ0) is 13.7. The minimum atomic E-state index is -0.874. The van der Waals surface area contributed by atoms with Crippen LogP contribution in [0.4, 0.5) is 0 Å². The van der Waals surface area contributed by atoms with Gasteiger partial charge >= 0.3 is 0 Å². The number of hydrogen-bond donors (Lipinski definition) is 1. The second-order valence-electron chi connectivity index (χ2n) is 3.54. The van der Waals surface area contributed by atoms with Gasteiger partial charge < -0.3 is 4.74 Å². The first-order valence-corrected chi connectivity index (χ1v) is 7.10. The van der Waals surface area contributed by atoms with Crippen molar-refractivity contribution >= 4 is 28.4 Å². The van der Waals surface area contributed by atoms with E-state index in [1.54, 1.807) is 55.3 Å². The largest absolute Gasteiger partial charge is 0.497 e. The van der Waals surface area contributed by atoms with E-state index < -0.39 is 10.7 Å². The van der Waals surface area contributed by atoms with Gasteiger partial charge in [-0.15, -0.1) is 0 Å². The zero-order valence-corrected chi connectivity index (χ0v) is 11.8. The van der Waals surface area contributed by atoms with Gasteiger partial charge in [0.05, 0.1) is 17.8 Å². The fourth-order valence-electron chi connectivity index (χ4n) is 1.36. The maximum absolute atomic E-state index is 8.06. The van der Waals surface area contributed by atoms with E-state index >= 15 is 0 Å². The van der Waals surface area contributed by atoms with E-state index in [0.29, 0.717) is 21.5 Å². The third kappa shape index (κ3) is 3.62.